The van der Waals surface area contributed by atoms with Gasteiger partial charge in [-0.2, -0.15) is 0 Å². The van der Waals surface area contributed by atoms with E-state index in [1.807, 2.05) is 0 Å². The lowest BCUT2D eigenvalue weighted by molar-refractivity contribution is -0.127. The number of hydrogen-bond donors (Lipinski definition) is 1. The molecule has 2 fully saturated rings. The zero-order valence-electron chi connectivity index (χ0n) is 14.8. The van der Waals surface area contributed by atoms with Crippen molar-refractivity contribution >= 4 is 28.8 Å². The van der Waals surface area contributed by atoms with Crippen molar-refractivity contribution in [1.29, 1.82) is 0 Å². The number of methoxy groups -OCH3 is 2. The van der Waals surface area contributed by atoms with Gasteiger partial charge in [-0.15, -0.1) is 0 Å². The molecule has 2 aliphatic rings. The van der Waals surface area contributed by atoms with E-state index in [1.54, 1.807) is 18.2 Å². The number of thioether (sulfide) groups is 1. The van der Waals surface area contributed by atoms with Crippen LogP contribution < -0.4 is 14.8 Å². The Labute approximate surface area is 156 Å². The lowest BCUT2D eigenvalue weighted by Crippen LogP contribution is -2.54. The summed E-state index contributed by atoms with van der Waals surface area (Å²) in [6.45, 7) is 0. The van der Waals surface area contributed by atoms with Gasteiger partial charge in [0.05, 0.1) is 32.1 Å². The fourth-order valence-corrected chi connectivity index (χ4v) is 4.23. The predicted molar refractivity (Wildman–Crippen MR) is 97.8 cm³/mol. The third-order valence-corrected chi connectivity index (χ3v) is 5.61. The molecule has 1 saturated heterocycles. The monoisotopic (exact) mass is 378 g/mol. The number of rotatable bonds is 5. The standard InChI is InChI=1S/C18H22N2O5S/c1-24-12-7-11(8-13(9-12)25-2)17(22)19-14-5-3-4-6-15(14)20-16(21)10-26-18(20)23/h7-9,14-15H,3-6,10H2,1-2H3,(H,19,22). The van der Waals surface area contributed by atoms with E-state index in [0.717, 1.165) is 31.0 Å². The Kier molecular flexibility index (Phi) is 5.70. The molecule has 1 aliphatic heterocycles. The normalized spacial score (nSPS) is 23.1. The number of benzene rings is 1. The summed E-state index contributed by atoms with van der Waals surface area (Å²) >= 11 is 1.03. The summed E-state index contributed by atoms with van der Waals surface area (Å²) in [5.74, 6) is 0.787. The van der Waals surface area contributed by atoms with Gasteiger partial charge in [-0.1, -0.05) is 24.6 Å². The molecular formula is C18H22N2O5S. The first kappa shape index (κ1) is 18.6. The Bertz CT molecular complexity index is 685. The van der Waals surface area contributed by atoms with E-state index in [1.165, 1.54) is 19.1 Å². The van der Waals surface area contributed by atoms with Crippen LogP contribution in [0.25, 0.3) is 0 Å². The van der Waals surface area contributed by atoms with Gasteiger partial charge < -0.3 is 14.8 Å². The molecule has 1 aromatic carbocycles. The molecule has 26 heavy (non-hydrogen) atoms. The molecule has 2 atom stereocenters. The lowest BCUT2D eigenvalue weighted by Gasteiger charge is -2.36. The number of carbonyl (C=O) groups excluding carboxylic acids is 3. The Hall–Kier alpha value is -2.22. The maximum absolute atomic E-state index is 12.8. The number of ether oxygens (including phenoxy) is 2. The molecule has 3 amide bonds. The van der Waals surface area contributed by atoms with Crippen molar-refractivity contribution in [2.24, 2.45) is 0 Å². The fraction of sp³-hybridized carbons (Fsp3) is 0.500. The highest BCUT2D eigenvalue weighted by molar-refractivity contribution is 8.14. The molecule has 140 valence electrons. The summed E-state index contributed by atoms with van der Waals surface area (Å²) in [5, 5.41) is 2.78. The van der Waals surface area contributed by atoms with Gasteiger partial charge in [0, 0.05) is 11.6 Å². The Balaban J connectivity index is 1.78. The first-order valence-corrected chi connectivity index (χ1v) is 9.55. The van der Waals surface area contributed by atoms with Crippen molar-refractivity contribution in [3.8, 4) is 11.5 Å². The van der Waals surface area contributed by atoms with Crippen LogP contribution in [0.15, 0.2) is 18.2 Å². The Morgan fingerprint density at radius 1 is 1.12 bits per heavy atom. The van der Waals surface area contributed by atoms with E-state index >= 15 is 0 Å². The van der Waals surface area contributed by atoms with Crippen molar-refractivity contribution in [2.75, 3.05) is 20.0 Å². The zero-order chi connectivity index (χ0) is 18.7. The van der Waals surface area contributed by atoms with E-state index in [0.29, 0.717) is 23.5 Å². The third-order valence-electron chi connectivity index (χ3n) is 4.78. The van der Waals surface area contributed by atoms with Crippen LogP contribution in [0.5, 0.6) is 11.5 Å². The van der Waals surface area contributed by atoms with E-state index < -0.39 is 0 Å². The average molecular weight is 378 g/mol. The van der Waals surface area contributed by atoms with Gasteiger partial charge in [-0.25, -0.2) is 0 Å². The minimum Gasteiger partial charge on any atom is -0.497 e. The van der Waals surface area contributed by atoms with Gasteiger partial charge in [-0.3, -0.25) is 19.3 Å². The first-order valence-electron chi connectivity index (χ1n) is 8.56. The van der Waals surface area contributed by atoms with E-state index in [4.69, 9.17) is 9.47 Å². The van der Waals surface area contributed by atoms with Crippen molar-refractivity contribution in [2.45, 2.75) is 37.8 Å². The van der Waals surface area contributed by atoms with Gasteiger partial charge >= 0.3 is 0 Å². The Morgan fingerprint density at radius 2 is 1.77 bits per heavy atom. The number of amides is 3. The molecule has 7 nitrogen and oxygen atoms in total. The molecular weight excluding hydrogens is 356 g/mol. The maximum atomic E-state index is 12.8. The van der Waals surface area contributed by atoms with Crippen LogP contribution in [-0.2, 0) is 4.79 Å². The van der Waals surface area contributed by atoms with Crippen molar-refractivity contribution in [3.05, 3.63) is 23.8 Å². The average Bonchev–Trinajstić information content (AvgIpc) is 3.00. The van der Waals surface area contributed by atoms with E-state index in [-0.39, 0.29) is 34.9 Å². The van der Waals surface area contributed by atoms with Crippen LogP contribution in [0, 0.1) is 0 Å². The SMILES string of the molecule is COc1cc(OC)cc(C(=O)NC2CCCCC2N2C(=O)CSC2=O)c1. The van der Waals surface area contributed by atoms with Gasteiger partial charge in [0.25, 0.3) is 11.1 Å². The van der Waals surface area contributed by atoms with E-state index in [9.17, 15) is 14.4 Å². The fourth-order valence-electron chi connectivity index (χ4n) is 3.46. The van der Waals surface area contributed by atoms with Gasteiger partial charge in [0.15, 0.2) is 0 Å². The highest BCUT2D eigenvalue weighted by Crippen LogP contribution is 2.30. The second-order valence-corrected chi connectivity index (χ2v) is 7.28. The highest BCUT2D eigenvalue weighted by atomic mass is 32.2. The van der Waals surface area contributed by atoms with Gasteiger partial charge in [-0.05, 0) is 25.0 Å². The van der Waals surface area contributed by atoms with E-state index in [2.05, 4.69) is 5.32 Å². The highest BCUT2D eigenvalue weighted by Gasteiger charge is 2.41. The molecule has 0 radical (unpaired) electrons. The molecule has 1 N–H and O–H groups in total. The third kappa shape index (κ3) is 3.80. The van der Waals surface area contributed by atoms with Crippen LogP contribution in [-0.4, -0.2) is 54.0 Å². The van der Waals surface area contributed by atoms with Gasteiger partial charge in [0.1, 0.15) is 11.5 Å². The minimum absolute atomic E-state index is 0.172. The van der Waals surface area contributed by atoms with Crippen LogP contribution >= 0.6 is 11.8 Å². The number of nitrogens with one attached hydrogen (secondary N) is 1. The molecule has 2 unspecified atom stereocenters. The predicted octanol–water partition coefficient (Wildman–Crippen LogP) is 2.44. The molecule has 0 spiro atoms. The molecule has 8 heteroatoms. The Morgan fingerprint density at radius 3 is 2.35 bits per heavy atom. The van der Waals surface area contributed by atoms with Crippen molar-refractivity contribution in [1.82, 2.24) is 10.2 Å². The van der Waals surface area contributed by atoms with Gasteiger partial charge in [0.2, 0.25) is 5.91 Å². The molecule has 1 aliphatic carbocycles. The largest absolute Gasteiger partial charge is 0.497 e. The molecule has 0 aromatic heterocycles. The topological polar surface area (TPSA) is 84.9 Å². The number of imide groups is 1. The molecule has 3 rings (SSSR count). The molecule has 1 aromatic rings. The smallest absolute Gasteiger partial charge is 0.289 e. The number of hydrogen-bond acceptors (Lipinski definition) is 6. The summed E-state index contributed by atoms with van der Waals surface area (Å²) < 4.78 is 10.4. The summed E-state index contributed by atoms with van der Waals surface area (Å²) in [7, 11) is 3.05. The van der Waals surface area contributed by atoms with Crippen LogP contribution in [0.3, 0.4) is 0 Å². The molecule has 1 heterocycles. The maximum Gasteiger partial charge on any atom is 0.289 e. The van der Waals surface area contributed by atoms with Crippen LogP contribution in [0.4, 0.5) is 4.79 Å². The molecule has 0 bridgehead atoms. The van der Waals surface area contributed by atoms with Crippen LogP contribution in [0.2, 0.25) is 0 Å². The van der Waals surface area contributed by atoms with Crippen molar-refractivity contribution in [3.63, 3.8) is 0 Å². The second kappa shape index (κ2) is 7.99. The summed E-state index contributed by atoms with van der Waals surface area (Å²) in [6.07, 6.45) is 3.33. The quantitative estimate of drug-likeness (QED) is 0.847. The number of carbonyl (C=O) groups is 3. The van der Waals surface area contributed by atoms with Crippen molar-refractivity contribution < 1.29 is 23.9 Å². The summed E-state index contributed by atoms with van der Waals surface area (Å²) in [6, 6.07) is 4.43. The zero-order valence-corrected chi connectivity index (χ0v) is 15.6. The first-order chi connectivity index (χ1) is 12.5. The van der Waals surface area contributed by atoms with Crippen LogP contribution in [0.1, 0.15) is 36.0 Å². The molecule has 1 saturated carbocycles. The summed E-state index contributed by atoms with van der Waals surface area (Å²) in [5.41, 5.74) is 0.416. The minimum atomic E-state index is -0.282. The second-order valence-electron chi connectivity index (χ2n) is 6.35. The number of nitrogens with zero attached hydrogens (tertiary/aromatic N) is 1. The lowest BCUT2D eigenvalue weighted by atomic mass is 9.89. The summed E-state index contributed by atoms with van der Waals surface area (Å²) in [4.78, 5) is 38.3.